The van der Waals surface area contributed by atoms with E-state index in [9.17, 15) is 13.2 Å². The Hall–Kier alpha value is -3.43. The third-order valence-electron chi connectivity index (χ3n) is 5.09. The van der Waals surface area contributed by atoms with Gasteiger partial charge < -0.3 is 19.5 Å². The van der Waals surface area contributed by atoms with Gasteiger partial charge in [-0.1, -0.05) is 23.7 Å². The van der Waals surface area contributed by atoms with Crippen molar-refractivity contribution in [3.8, 4) is 17.2 Å². The third-order valence-corrected chi connectivity index (χ3v) is 7.14. The zero-order chi connectivity index (χ0) is 23.6. The molecule has 10 heteroatoms. The highest BCUT2D eigenvalue weighted by Gasteiger charge is 2.37. The van der Waals surface area contributed by atoms with Crippen molar-refractivity contribution >= 4 is 38.9 Å². The highest BCUT2D eigenvalue weighted by Crippen LogP contribution is 2.37. The lowest BCUT2D eigenvalue weighted by atomic mass is 10.2. The predicted molar refractivity (Wildman–Crippen MR) is 125 cm³/mol. The molecule has 1 aliphatic heterocycles. The lowest BCUT2D eigenvalue weighted by molar-refractivity contribution is -0.122. The number of hydrogen-bond donors (Lipinski definition) is 1. The second-order valence-electron chi connectivity index (χ2n) is 7.12. The molecule has 3 aromatic carbocycles. The molecule has 3 aromatic rings. The Kier molecular flexibility index (Phi) is 6.35. The van der Waals surface area contributed by atoms with Crippen molar-refractivity contribution < 1.29 is 27.4 Å². The number of sulfonamides is 1. The summed E-state index contributed by atoms with van der Waals surface area (Å²) in [6.45, 7) is -0.222. The molecule has 1 N–H and O–H groups in total. The number of fused-ring (bicyclic) bond motifs is 1. The van der Waals surface area contributed by atoms with Gasteiger partial charge in [0, 0.05) is 11.1 Å². The van der Waals surface area contributed by atoms with E-state index >= 15 is 0 Å². The fourth-order valence-electron chi connectivity index (χ4n) is 3.43. The fourth-order valence-corrected chi connectivity index (χ4v) is 5.03. The average molecular weight is 489 g/mol. The zero-order valence-corrected chi connectivity index (χ0v) is 19.4. The molecule has 1 atom stereocenters. The van der Waals surface area contributed by atoms with Crippen LogP contribution < -0.4 is 23.8 Å². The summed E-state index contributed by atoms with van der Waals surface area (Å²) in [7, 11) is -1.000. The van der Waals surface area contributed by atoms with E-state index in [1.807, 2.05) is 0 Å². The molecule has 33 heavy (non-hydrogen) atoms. The van der Waals surface area contributed by atoms with Gasteiger partial charge in [-0.15, -0.1) is 0 Å². The van der Waals surface area contributed by atoms with Crippen LogP contribution in [-0.2, 0) is 14.8 Å². The van der Waals surface area contributed by atoms with Crippen LogP contribution in [0.25, 0.3) is 0 Å². The second kappa shape index (κ2) is 9.21. The number of nitrogens with one attached hydrogen (secondary N) is 1. The summed E-state index contributed by atoms with van der Waals surface area (Å²) in [5.41, 5.74) is 0.715. The number of hydrogen-bond acceptors (Lipinski definition) is 6. The number of anilines is 2. The third kappa shape index (κ3) is 4.55. The van der Waals surface area contributed by atoms with Gasteiger partial charge in [0.05, 0.1) is 37.0 Å². The number of methoxy groups -OCH3 is 2. The van der Waals surface area contributed by atoms with Gasteiger partial charge >= 0.3 is 0 Å². The number of carbonyl (C=O) groups excluding carboxylic acids is 1. The normalized spacial score (nSPS) is 15.2. The van der Waals surface area contributed by atoms with Gasteiger partial charge in [-0.2, -0.15) is 0 Å². The van der Waals surface area contributed by atoms with Gasteiger partial charge in [0.2, 0.25) is 0 Å². The van der Waals surface area contributed by atoms with E-state index < -0.39 is 22.0 Å². The molecule has 0 aromatic heterocycles. The van der Waals surface area contributed by atoms with E-state index in [-0.39, 0.29) is 17.2 Å². The molecule has 0 bridgehead atoms. The smallest absolute Gasteiger partial charge is 0.267 e. The molecule has 0 saturated heterocycles. The molecule has 1 aliphatic rings. The van der Waals surface area contributed by atoms with Crippen molar-refractivity contribution in [2.24, 2.45) is 0 Å². The van der Waals surface area contributed by atoms with Crippen LogP contribution in [0.15, 0.2) is 71.6 Å². The van der Waals surface area contributed by atoms with E-state index in [4.69, 9.17) is 25.8 Å². The van der Waals surface area contributed by atoms with Crippen molar-refractivity contribution in [1.29, 1.82) is 0 Å². The van der Waals surface area contributed by atoms with Crippen LogP contribution in [-0.4, -0.2) is 41.2 Å². The Morgan fingerprint density at radius 1 is 1.06 bits per heavy atom. The largest absolute Gasteiger partial charge is 0.497 e. The predicted octanol–water partition coefficient (Wildman–Crippen LogP) is 3.95. The molecule has 0 aliphatic carbocycles. The van der Waals surface area contributed by atoms with Crippen molar-refractivity contribution in [2.45, 2.75) is 11.0 Å². The van der Waals surface area contributed by atoms with Crippen LogP contribution in [0.1, 0.15) is 0 Å². The molecule has 0 fully saturated rings. The minimum absolute atomic E-state index is 0.0530. The van der Waals surface area contributed by atoms with Crippen molar-refractivity contribution in [2.75, 3.05) is 30.4 Å². The summed E-state index contributed by atoms with van der Waals surface area (Å²) in [5, 5.41) is 3.17. The molecule has 0 radical (unpaired) electrons. The Morgan fingerprint density at radius 3 is 2.48 bits per heavy atom. The molecule has 0 spiro atoms. The first-order valence-electron chi connectivity index (χ1n) is 9.90. The topological polar surface area (TPSA) is 94.2 Å². The number of amides is 1. The lowest BCUT2D eigenvalue weighted by Crippen LogP contribution is -2.48. The summed E-state index contributed by atoms with van der Waals surface area (Å²) in [5.74, 6) is 0.686. The van der Waals surface area contributed by atoms with Crippen molar-refractivity contribution in [1.82, 2.24) is 0 Å². The number of benzene rings is 3. The maximum atomic E-state index is 13.4. The average Bonchev–Trinajstić information content (AvgIpc) is 2.83. The Labute approximate surface area is 196 Å². The number of para-hydroxylation sites is 2. The van der Waals surface area contributed by atoms with Gasteiger partial charge in [-0.25, -0.2) is 8.42 Å². The van der Waals surface area contributed by atoms with E-state index in [0.29, 0.717) is 27.9 Å². The van der Waals surface area contributed by atoms with Crippen molar-refractivity contribution in [3.63, 3.8) is 0 Å². The van der Waals surface area contributed by atoms with E-state index in [2.05, 4.69) is 5.32 Å². The Bertz CT molecular complexity index is 1280. The maximum absolute atomic E-state index is 13.4. The molecule has 172 valence electrons. The van der Waals surface area contributed by atoms with Crippen LogP contribution >= 0.6 is 11.6 Å². The van der Waals surface area contributed by atoms with Crippen LogP contribution in [0.2, 0.25) is 5.02 Å². The Morgan fingerprint density at radius 2 is 1.79 bits per heavy atom. The summed E-state index contributed by atoms with van der Waals surface area (Å²) < 4.78 is 44.4. The molecule has 4 rings (SSSR count). The Balaban J connectivity index is 1.67. The number of ether oxygens (including phenoxy) is 3. The van der Waals surface area contributed by atoms with Gasteiger partial charge in [-0.3, -0.25) is 9.10 Å². The van der Waals surface area contributed by atoms with E-state index in [1.165, 1.54) is 42.8 Å². The van der Waals surface area contributed by atoms with E-state index in [1.54, 1.807) is 42.5 Å². The van der Waals surface area contributed by atoms with Crippen LogP contribution in [0.5, 0.6) is 17.2 Å². The van der Waals surface area contributed by atoms with Gasteiger partial charge in [0.15, 0.2) is 6.10 Å². The minimum Gasteiger partial charge on any atom is -0.497 e. The molecule has 1 amide bonds. The molecule has 1 heterocycles. The molecule has 0 saturated carbocycles. The highest BCUT2D eigenvalue weighted by atomic mass is 35.5. The maximum Gasteiger partial charge on any atom is 0.267 e. The first-order valence-corrected chi connectivity index (χ1v) is 11.7. The second-order valence-corrected chi connectivity index (χ2v) is 9.42. The summed E-state index contributed by atoms with van der Waals surface area (Å²) in [4.78, 5) is 13.2. The number of carbonyl (C=O) groups is 1. The van der Waals surface area contributed by atoms with Crippen LogP contribution in [0, 0.1) is 0 Å². The summed E-state index contributed by atoms with van der Waals surface area (Å²) in [6, 6.07) is 17.5. The van der Waals surface area contributed by atoms with Crippen LogP contribution in [0.3, 0.4) is 0 Å². The fraction of sp³-hybridized carbons (Fsp3) is 0.174. The first-order chi connectivity index (χ1) is 15.8. The zero-order valence-electron chi connectivity index (χ0n) is 17.8. The highest BCUT2D eigenvalue weighted by molar-refractivity contribution is 7.92. The van der Waals surface area contributed by atoms with Crippen molar-refractivity contribution in [3.05, 3.63) is 71.8 Å². The number of halogens is 1. The molecular formula is C23H21ClN2O6S. The summed E-state index contributed by atoms with van der Waals surface area (Å²) in [6.07, 6.45) is -1.11. The molecule has 8 nitrogen and oxygen atoms in total. The minimum atomic E-state index is -3.98. The van der Waals surface area contributed by atoms with Gasteiger partial charge in [-0.05, 0) is 48.5 Å². The quantitative estimate of drug-likeness (QED) is 0.564. The van der Waals surface area contributed by atoms with Crippen LogP contribution in [0.4, 0.5) is 11.4 Å². The monoisotopic (exact) mass is 488 g/mol. The summed E-state index contributed by atoms with van der Waals surface area (Å²) >= 11 is 5.92. The van der Waals surface area contributed by atoms with E-state index in [0.717, 1.165) is 0 Å². The standard InChI is InChI=1S/C23H21ClN2O6S/c1-30-16-9-12-20(31-2)18(13-16)25-23(27)22-14-26(19-5-3-4-6-21(19)32-22)33(28,29)17-10-7-15(24)8-11-17/h3-13,22H,14H2,1-2H3,(H,25,27). The van der Waals surface area contributed by atoms with Gasteiger partial charge in [0.25, 0.3) is 15.9 Å². The number of rotatable bonds is 6. The van der Waals surface area contributed by atoms with Gasteiger partial charge in [0.1, 0.15) is 17.2 Å². The SMILES string of the molecule is COc1ccc(OC)c(NC(=O)C2CN(S(=O)(=O)c3ccc(Cl)cc3)c3ccccc3O2)c1. The first kappa shape index (κ1) is 22.8. The molecular weight excluding hydrogens is 468 g/mol. The number of nitrogens with zero attached hydrogens (tertiary/aromatic N) is 1. The molecule has 1 unspecified atom stereocenters. The lowest BCUT2D eigenvalue weighted by Gasteiger charge is -2.34.